The Kier molecular flexibility index (Phi) is 6.34. The fourth-order valence-electron chi connectivity index (χ4n) is 3.58. The number of aromatic nitrogens is 1. The number of Topliss-reactive ketones (excluding diaryl/α,β-unsaturated/α-hetero) is 1. The van der Waals surface area contributed by atoms with Crippen molar-refractivity contribution in [2.24, 2.45) is 0 Å². The summed E-state index contributed by atoms with van der Waals surface area (Å²) in [6.07, 6.45) is 5.51. The number of fused-ring (bicyclic) bond motifs is 1. The minimum Gasteiger partial charge on any atom is -0.462 e. The van der Waals surface area contributed by atoms with E-state index in [4.69, 9.17) is 9.47 Å². The van der Waals surface area contributed by atoms with E-state index in [0.717, 1.165) is 25.7 Å². The number of hydrogen-bond donors (Lipinski definition) is 1. The molecule has 0 atom stereocenters. The minimum atomic E-state index is -0.474. The van der Waals surface area contributed by atoms with E-state index >= 15 is 0 Å². The first-order valence-electron chi connectivity index (χ1n) is 9.60. The standard InChI is InChI=1S/C21H25NO5S/c1-4-26-21(25)18-12(2)19(22-13(18)3)15(23)11-27-20(24)17-10-14-8-6-5-7-9-16(14)28-17/h10,22H,4-9,11H2,1-3H3. The molecule has 0 saturated heterocycles. The monoisotopic (exact) mass is 403 g/mol. The summed E-state index contributed by atoms with van der Waals surface area (Å²) in [5.74, 6) is -1.31. The van der Waals surface area contributed by atoms with Crippen LogP contribution in [-0.4, -0.2) is 35.9 Å². The summed E-state index contributed by atoms with van der Waals surface area (Å²) in [4.78, 5) is 41.7. The van der Waals surface area contributed by atoms with Gasteiger partial charge in [0.05, 0.1) is 17.9 Å². The van der Waals surface area contributed by atoms with Crippen LogP contribution in [0.5, 0.6) is 0 Å². The summed E-state index contributed by atoms with van der Waals surface area (Å²) < 4.78 is 10.3. The van der Waals surface area contributed by atoms with Crippen molar-refractivity contribution in [2.75, 3.05) is 13.2 Å². The maximum atomic E-state index is 12.5. The van der Waals surface area contributed by atoms with Crippen molar-refractivity contribution in [1.82, 2.24) is 4.98 Å². The molecule has 0 spiro atoms. The molecule has 0 bridgehead atoms. The van der Waals surface area contributed by atoms with Gasteiger partial charge in [-0.1, -0.05) is 6.42 Å². The lowest BCUT2D eigenvalue weighted by molar-refractivity contribution is 0.0477. The molecule has 1 aliphatic carbocycles. The second kappa shape index (κ2) is 8.73. The number of aromatic amines is 1. The van der Waals surface area contributed by atoms with Crippen LogP contribution in [0.15, 0.2) is 6.07 Å². The second-order valence-corrected chi connectivity index (χ2v) is 8.10. The van der Waals surface area contributed by atoms with Gasteiger partial charge in [-0.2, -0.15) is 0 Å². The van der Waals surface area contributed by atoms with Crippen molar-refractivity contribution < 1.29 is 23.9 Å². The molecular formula is C21H25NO5S. The number of nitrogens with one attached hydrogen (secondary N) is 1. The number of ketones is 1. The molecule has 2 aromatic rings. The third kappa shape index (κ3) is 4.19. The average Bonchev–Trinajstić information content (AvgIpc) is 3.12. The first-order valence-corrected chi connectivity index (χ1v) is 10.4. The van der Waals surface area contributed by atoms with Gasteiger partial charge in [-0.25, -0.2) is 9.59 Å². The Balaban J connectivity index is 1.66. The lowest BCUT2D eigenvalue weighted by Crippen LogP contribution is -2.15. The summed E-state index contributed by atoms with van der Waals surface area (Å²) in [5.41, 5.74) is 2.94. The third-order valence-electron chi connectivity index (χ3n) is 4.98. The first-order chi connectivity index (χ1) is 13.4. The number of thiophene rings is 1. The van der Waals surface area contributed by atoms with Crippen LogP contribution in [0.25, 0.3) is 0 Å². The Morgan fingerprint density at radius 1 is 1.07 bits per heavy atom. The summed E-state index contributed by atoms with van der Waals surface area (Å²) in [6, 6.07) is 1.90. The summed E-state index contributed by atoms with van der Waals surface area (Å²) in [6.45, 7) is 5.01. The van der Waals surface area contributed by atoms with E-state index in [1.165, 1.54) is 28.2 Å². The molecule has 0 radical (unpaired) electrons. The molecule has 28 heavy (non-hydrogen) atoms. The predicted octanol–water partition coefficient (Wildman–Crippen LogP) is 4.18. The van der Waals surface area contributed by atoms with E-state index in [2.05, 4.69) is 4.98 Å². The fraction of sp³-hybridized carbons (Fsp3) is 0.476. The normalized spacial score (nSPS) is 13.5. The molecule has 0 saturated carbocycles. The van der Waals surface area contributed by atoms with Crippen molar-refractivity contribution in [2.45, 2.75) is 52.9 Å². The quantitative estimate of drug-likeness (QED) is 0.444. The van der Waals surface area contributed by atoms with Crippen LogP contribution >= 0.6 is 11.3 Å². The highest BCUT2D eigenvalue weighted by atomic mass is 32.1. The van der Waals surface area contributed by atoms with Gasteiger partial charge in [-0.15, -0.1) is 11.3 Å². The maximum Gasteiger partial charge on any atom is 0.348 e. The molecular weight excluding hydrogens is 378 g/mol. The number of carbonyl (C=O) groups is 3. The third-order valence-corrected chi connectivity index (χ3v) is 6.20. The van der Waals surface area contributed by atoms with Gasteiger partial charge in [0, 0.05) is 10.6 Å². The molecule has 7 heteroatoms. The zero-order valence-electron chi connectivity index (χ0n) is 16.5. The topological polar surface area (TPSA) is 85.5 Å². The molecule has 0 aliphatic heterocycles. The van der Waals surface area contributed by atoms with Gasteiger partial charge in [0.25, 0.3) is 0 Å². The van der Waals surface area contributed by atoms with Gasteiger partial charge in [0.1, 0.15) is 4.88 Å². The van der Waals surface area contributed by atoms with Gasteiger partial charge < -0.3 is 14.5 Å². The molecule has 6 nitrogen and oxygen atoms in total. The highest BCUT2D eigenvalue weighted by Crippen LogP contribution is 2.29. The van der Waals surface area contributed by atoms with Gasteiger partial charge >= 0.3 is 11.9 Å². The van der Waals surface area contributed by atoms with Crippen molar-refractivity contribution in [1.29, 1.82) is 0 Å². The SMILES string of the molecule is CCOC(=O)c1c(C)[nH]c(C(=O)COC(=O)c2cc3c(s2)CCCCC3)c1C. The number of H-pyrrole nitrogens is 1. The highest BCUT2D eigenvalue weighted by Gasteiger charge is 2.24. The molecule has 1 aliphatic rings. The van der Waals surface area contributed by atoms with Crippen LogP contribution in [0.1, 0.15) is 78.4 Å². The smallest absolute Gasteiger partial charge is 0.348 e. The number of esters is 2. The van der Waals surface area contributed by atoms with Gasteiger partial charge in [0.15, 0.2) is 6.61 Å². The molecule has 0 aromatic carbocycles. The minimum absolute atomic E-state index is 0.259. The molecule has 2 heterocycles. The van der Waals surface area contributed by atoms with Crippen LogP contribution in [0.2, 0.25) is 0 Å². The summed E-state index contributed by atoms with van der Waals surface area (Å²) in [7, 11) is 0. The zero-order valence-corrected chi connectivity index (χ0v) is 17.3. The Bertz CT molecular complexity index is 885. The van der Waals surface area contributed by atoms with E-state index in [1.807, 2.05) is 6.07 Å². The van der Waals surface area contributed by atoms with E-state index in [9.17, 15) is 14.4 Å². The number of rotatable bonds is 6. The number of hydrogen-bond acceptors (Lipinski definition) is 6. The predicted molar refractivity (Wildman–Crippen MR) is 106 cm³/mol. The van der Waals surface area contributed by atoms with E-state index in [-0.39, 0.29) is 24.7 Å². The number of ether oxygens (including phenoxy) is 2. The van der Waals surface area contributed by atoms with Crippen LogP contribution in [-0.2, 0) is 22.3 Å². The van der Waals surface area contributed by atoms with E-state index in [1.54, 1.807) is 20.8 Å². The fourth-order valence-corrected chi connectivity index (χ4v) is 4.73. The zero-order chi connectivity index (χ0) is 20.3. The summed E-state index contributed by atoms with van der Waals surface area (Å²) in [5, 5.41) is 0. The lowest BCUT2D eigenvalue weighted by Gasteiger charge is -2.04. The molecule has 0 fully saturated rings. The van der Waals surface area contributed by atoms with Crippen LogP contribution in [0.4, 0.5) is 0 Å². The Morgan fingerprint density at radius 2 is 1.82 bits per heavy atom. The van der Waals surface area contributed by atoms with Crippen LogP contribution in [0.3, 0.4) is 0 Å². The lowest BCUT2D eigenvalue weighted by atomic mass is 10.1. The Hall–Kier alpha value is -2.41. The van der Waals surface area contributed by atoms with Gasteiger partial charge in [-0.05, 0) is 63.6 Å². The van der Waals surface area contributed by atoms with Crippen molar-refractivity contribution >= 4 is 29.1 Å². The molecule has 0 unspecified atom stereocenters. The van der Waals surface area contributed by atoms with Crippen molar-refractivity contribution in [3.63, 3.8) is 0 Å². The van der Waals surface area contributed by atoms with Gasteiger partial charge in [-0.3, -0.25) is 4.79 Å². The van der Waals surface area contributed by atoms with Crippen LogP contribution in [0, 0.1) is 13.8 Å². The Labute approximate surface area is 168 Å². The average molecular weight is 404 g/mol. The molecule has 2 aromatic heterocycles. The highest BCUT2D eigenvalue weighted by molar-refractivity contribution is 7.14. The number of aryl methyl sites for hydroxylation is 3. The van der Waals surface area contributed by atoms with Gasteiger partial charge in [0.2, 0.25) is 5.78 Å². The number of carbonyl (C=O) groups excluding carboxylic acids is 3. The van der Waals surface area contributed by atoms with Crippen molar-refractivity contribution in [3.05, 3.63) is 43.9 Å². The largest absolute Gasteiger partial charge is 0.462 e. The maximum absolute atomic E-state index is 12.5. The molecule has 0 amide bonds. The van der Waals surface area contributed by atoms with E-state index < -0.39 is 11.9 Å². The molecule has 3 rings (SSSR count). The van der Waals surface area contributed by atoms with E-state index in [0.29, 0.717) is 21.7 Å². The molecule has 1 N–H and O–H groups in total. The van der Waals surface area contributed by atoms with Crippen LogP contribution < -0.4 is 0 Å². The summed E-state index contributed by atoms with van der Waals surface area (Å²) >= 11 is 1.47. The Morgan fingerprint density at radius 3 is 2.57 bits per heavy atom. The first kappa shape index (κ1) is 20.3. The van der Waals surface area contributed by atoms with Crippen molar-refractivity contribution in [3.8, 4) is 0 Å². The second-order valence-electron chi connectivity index (χ2n) is 6.96. The molecule has 150 valence electrons.